The van der Waals surface area contributed by atoms with Crippen LogP contribution in [0.3, 0.4) is 0 Å². The SMILES string of the molecule is Brc1ccc(-c2cnc(C3CCCC3)[nH]2)cc1.COC(=O)N[C@H](C(=O)N1CCC[C@H]1c1ncc(-c2ccc3cc(-c4ccc(-c5cnc([C@@H]6CCCN6C(=O)OC(C)(C)C)[nH]5)cc4)ccc3c2)[nH]1)C(C)C.COC(=O)N[C@H](C(=O)N1CCC[C@H]1c1ncc(-c2ccc3cc(B4OC(C)(C)C(C)(C)O4)ccc3c2)[nH]1)C(C)C. The van der Waals surface area contributed by atoms with Gasteiger partial charge in [0.15, 0.2) is 0 Å². The van der Waals surface area contributed by atoms with Crippen LogP contribution in [0.5, 0.6) is 0 Å². The molecule has 25 heteroatoms. The highest BCUT2D eigenvalue weighted by Crippen LogP contribution is 2.41. The van der Waals surface area contributed by atoms with Gasteiger partial charge in [0.2, 0.25) is 11.8 Å². The van der Waals surface area contributed by atoms with E-state index in [1.165, 1.54) is 51.3 Å². The number of H-pyrrole nitrogens is 4. The number of fused-ring (bicyclic) bond motifs is 2. The van der Waals surface area contributed by atoms with Crippen molar-refractivity contribution in [2.75, 3.05) is 33.9 Å². The van der Waals surface area contributed by atoms with Crippen LogP contribution in [0.1, 0.15) is 188 Å². The van der Waals surface area contributed by atoms with E-state index < -0.39 is 37.0 Å². The Morgan fingerprint density at radius 1 is 0.477 bits per heavy atom. The van der Waals surface area contributed by atoms with Crippen LogP contribution in [0.15, 0.2) is 151 Å². The summed E-state index contributed by atoms with van der Waals surface area (Å²) in [5.74, 6) is 3.65. The van der Waals surface area contributed by atoms with Crippen molar-refractivity contribution in [1.29, 1.82) is 0 Å². The molecule has 6 aromatic carbocycles. The number of nitrogens with zero attached hydrogens (tertiary/aromatic N) is 7. The van der Waals surface area contributed by atoms with Gasteiger partial charge in [0.05, 0.1) is 91.1 Å². The Morgan fingerprint density at radius 2 is 0.838 bits per heavy atom. The van der Waals surface area contributed by atoms with E-state index in [0.29, 0.717) is 25.6 Å². The molecule has 10 aromatic rings. The number of imidazole rings is 4. The molecule has 0 bridgehead atoms. The minimum atomic E-state index is -0.679. The summed E-state index contributed by atoms with van der Waals surface area (Å²) in [6.45, 7) is 23.4. The number of amides is 5. The van der Waals surface area contributed by atoms with Crippen LogP contribution >= 0.6 is 15.9 Å². The number of halogens is 1. The summed E-state index contributed by atoms with van der Waals surface area (Å²) in [7, 11) is 2.19. The third-order valence-corrected chi connectivity index (χ3v) is 22.9. The van der Waals surface area contributed by atoms with Crippen LogP contribution in [0.2, 0.25) is 0 Å². The second kappa shape index (κ2) is 33.5. The molecule has 5 aliphatic rings. The maximum Gasteiger partial charge on any atom is 0.494 e. The van der Waals surface area contributed by atoms with Crippen molar-refractivity contribution in [2.45, 2.75) is 193 Å². The first-order chi connectivity index (χ1) is 53.1. The summed E-state index contributed by atoms with van der Waals surface area (Å²) in [5, 5.41) is 9.82. The van der Waals surface area contributed by atoms with Crippen molar-refractivity contribution in [2.24, 2.45) is 11.8 Å². The lowest BCUT2D eigenvalue weighted by atomic mass is 9.78. The number of likely N-dealkylation sites (tertiary alicyclic amines) is 3. The summed E-state index contributed by atoms with van der Waals surface area (Å²) in [6, 6.07) is 40.3. The number of hydrogen-bond donors (Lipinski definition) is 6. The molecule has 15 rings (SSSR count). The number of alkyl carbamates (subject to hydrolysis) is 2. The van der Waals surface area contributed by atoms with Gasteiger partial charge in [-0.25, -0.2) is 34.3 Å². The summed E-state index contributed by atoms with van der Waals surface area (Å²) in [4.78, 5) is 101. The molecule has 6 N–H and O–H groups in total. The van der Waals surface area contributed by atoms with Crippen LogP contribution in [0, 0.1) is 11.8 Å². The number of aromatic amines is 4. The molecule has 5 amide bonds. The van der Waals surface area contributed by atoms with Gasteiger partial charge >= 0.3 is 25.4 Å². The predicted octanol–water partition coefficient (Wildman–Crippen LogP) is 17.5. The standard InChI is InChI=1S/C42H49N7O5.C30H39BN4O5.C14H15BrN2/c1-25(2)36(47-40(51)53-6)39(50)48-19-7-9-34(48)37-44-24-33(46-37)31-18-17-29-21-28(15-16-30(29)22-31)26-11-13-27(14-12-26)32-23-43-38(45-32)35-10-8-20-49(35)41(52)54-42(3,4)5;1-18(2)25(34-28(37)38-7)27(36)35-14-8-9-24(35)26-32-17-23(33-26)21-11-10-20-16-22(13-12-19(20)15-21)31-39-29(3,4)30(5,6)40-31;15-12-7-5-10(6-8-12)13-9-16-14(17-13)11-3-1-2-4-11/h11-18,21-25,34-36H,7-10,19-20H2,1-6H3,(H,43,45)(H,44,46)(H,47,51);10-13,15-18,24-25H,8-9,14H2,1-7H3,(H,32,33)(H,34,37);5-9,11H,1-4H2,(H,16,17)/t34-,35-,36-;24-,25-;/m00./s1. The average molecular weight is 1570 g/mol. The second-order valence-electron chi connectivity index (χ2n) is 32.4. The molecule has 8 heterocycles. The smallest absolute Gasteiger partial charge is 0.453 e. The lowest BCUT2D eigenvalue weighted by Gasteiger charge is -2.32. The lowest BCUT2D eigenvalue weighted by molar-refractivity contribution is -0.136. The first-order valence-electron chi connectivity index (χ1n) is 38.9. The van der Waals surface area contributed by atoms with Gasteiger partial charge in [-0.1, -0.05) is 147 Å². The Labute approximate surface area is 658 Å². The summed E-state index contributed by atoms with van der Waals surface area (Å²) >= 11 is 3.45. The maximum atomic E-state index is 13.6. The predicted molar refractivity (Wildman–Crippen MR) is 435 cm³/mol. The summed E-state index contributed by atoms with van der Waals surface area (Å²) < 4.78 is 28.7. The quantitative estimate of drug-likeness (QED) is 0.0388. The first kappa shape index (κ1) is 79.0. The molecular formula is C86H103BBrN13O10. The Balaban J connectivity index is 0.000000165. The molecule has 1 aliphatic carbocycles. The minimum Gasteiger partial charge on any atom is -0.453 e. The van der Waals surface area contributed by atoms with Crippen molar-refractivity contribution >= 4 is 80.2 Å². The van der Waals surface area contributed by atoms with Gasteiger partial charge in [-0.15, -0.1) is 0 Å². The summed E-state index contributed by atoms with van der Waals surface area (Å²) in [6.07, 6.45) is 16.3. The number of nitrogens with one attached hydrogen (secondary N) is 6. The molecule has 1 saturated carbocycles. The van der Waals surface area contributed by atoms with Crippen molar-refractivity contribution < 1.29 is 47.5 Å². The van der Waals surface area contributed by atoms with Crippen LogP contribution in [-0.2, 0) is 33.1 Å². The normalized spacial score (nSPS) is 18.8. The van der Waals surface area contributed by atoms with Crippen molar-refractivity contribution in [3.8, 4) is 56.2 Å². The van der Waals surface area contributed by atoms with E-state index in [9.17, 15) is 24.0 Å². The van der Waals surface area contributed by atoms with E-state index >= 15 is 0 Å². The molecule has 4 aromatic heterocycles. The Hall–Kier alpha value is -10.1. The Morgan fingerprint density at radius 3 is 1.28 bits per heavy atom. The fourth-order valence-electron chi connectivity index (χ4n) is 15.4. The molecule has 0 radical (unpaired) electrons. The maximum absolute atomic E-state index is 13.6. The molecule has 4 aliphatic heterocycles. The van der Waals surface area contributed by atoms with E-state index in [4.69, 9.17) is 28.5 Å². The van der Waals surface area contributed by atoms with Gasteiger partial charge in [-0.05, 0) is 191 Å². The van der Waals surface area contributed by atoms with Crippen LogP contribution in [-0.4, -0.2) is 155 Å². The third kappa shape index (κ3) is 18.0. The van der Waals surface area contributed by atoms with E-state index in [0.717, 1.165) is 138 Å². The molecule has 582 valence electrons. The molecule has 5 fully saturated rings. The van der Waals surface area contributed by atoms with Crippen molar-refractivity contribution in [3.63, 3.8) is 0 Å². The molecule has 23 nitrogen and oxygen atoms in total. The number of methoxy groups -OCH3 is 2. The van der Waals surface area contributed by atoms with Gasteiger partial charge in [-0.2, -0.15) is 0 Å². The average Bonchev–Trinajstić information content (AvgIpc) is 1.67. The Bertz CT molecular complexity index is 4940. The minimum absolute atomic E-state index is 0.0806. The highest BCUT2D eigenvalue weighted by molar-refractivity contribution is 9.10. The van der Waals surface area contributed by atoms with Crippen molar-refractivity contribution in [1.82, 2.24) is 65.2 Å². The van der Waals surface area contributed by atoms with Crippen LogP contribution in [0.4, 0.5) is 14.4 Å². The highest BCUT2D eigenvalue weighted by Gasteiger charge is 2.52. The molecule has 4 saturated heterocycles. The molecule has 0 spiro atoms. The number of hydrogen-bond acceptors (Lipinski definition) is 14. The Kier molecular flexibility index (Phi) is 23.8. The largest absolute Gasteiger partial charge is 0.494 e. The zero-order chi connectivity index (χ0) is 78.6. The fraction of sp³-hybridized carbons (Fsp3) is 0.430. The van der Waals surface area contributed by atoms with Gasteiger partial charge < -0.3 is 63.9 Å². The first-order valence-corrected chi connectivity index (χ1v) is 39.7. The van der Waals surface area contributed by atoms with Gasteiger partial charge in [0.1, 0.15) is 41.0 Å². The molecule has 111 heavy (non-hydrogen) atoms. The topological polar surface area (TPSA) is 280 Å². The second-order valence-corrected chi connectivity index (χ2v) is 33.3. The van der Waals surface area contributed by atoms with E-state index in [1.807, 2.05) is 83.1 Å². The zero-order valence-corrected chi connectivity index (χ0v) is 67.4. The molecule has 5 atom stereocenters. The van der Waals surface area contributed by atoms with Gasteiger partial charge in [0, 0.05) is 41.2 Å². The highest BCUT2D eigenvalue weighted by atomic mass is 79.9. The molecule has 0 unspecified atom stereocenters. The number of benzene rings is 6. The van der Waals surface area contributed by atoms with Gasteiger partial charge in [-0.3, -0.25) is 14.5 Å². The number of carbonyl (C=O) groups excluding carboxylic acids is 5. The molecular weight excluding hydrogens is 1470 g/mol. The van der Waals surface area contributed by atoms with Crippen LogP contribution < -0.4 is 16.1 Å². The number of aromatic nitrogens is 8. The number of ether oxygens (including phenoxy) is 3. The van der Waals surface area contributed by atoms with Crippen LogP contribution in [0.25, 0.3) is 77.7 Å². The summed E-state index contributed by atoms with van der Waals surface area (Å²) in [5.41, 5.74) is 9.93. The lowest BCUT2D eigenvalue weighted by Crippen LogP contribution is -2.51. The monoisotopic (exact) mass is 1570 g/mol. The third-order valence-electron chi connectivity index (χ3n) is 22.3. The fourth-order valence-corrected chi connectivity index (χ4v) is 15.7. The number of carbonyl (C=O) groups is 5. The zero-order valence-electron chi connectivity index (χ0n) is 65.8. The van der Waals surface area contributed by atoms with E-state index in [-0.39, 0.29) is 59.1 Å². The van der Waals surface area contributed by atoms with Gasteiger partial charge in [0.25, 0.3) is 0 Å². The number of rotatable bonds is 16. The van der Waals surface area contributed by atoms with Crippen molar-refractivity contribution in [3.05, 3.63) is 174 Å². The van der Waals surface area contributed by atoms with E-state index in [2.05, 4.69) is 210 Å². The van der Waals surface area contributed by atoms with E-state index in [1.54, 1.807) is 4.90 Å².